The van der Waals surface area contributed by atoms with Gasteiger partial charge in [0.1, 0.15) is 16.9 Å². The normalized spacial score (nSPS) is 10.9. The van der Waals surface area contributed by atoms with Crippen LogP contribution in [0.25, 0.3) is 33.8 Å². The van der Waals surface area contributed by atoms with Crippen molar-refractivity contribution in [2.75, 3.05) is 0 Å². The van der Waals surface area contributed by atoms with Crippen LogP contribution in [0.4, 0.5) is 0 Å². The molecule has 134 valence electrons. The SMILES string of the molecule is CC(=O)Oc1ccc2cc(-c3nc(-c4ccc(C)cc4)no3)c(=O)oc2c1. The minimum Gasteiger partial charge on any atom is -0.427 e. The number of rotatable bonds is 3. The number of carbonyl (C=O) groups is 1. The molecule has 0 aliphatic rings. The lowest BCUT2D eigenvalue weighted by atomic mass is 10.1. The average Bonchev–Trinajstić information content (AvgIpc) is 3.11. The lowest BCUT2D eigenvalue weighted by Crippen LogP contribution is -2.04. The van der Waals surface area contributed by atoms with E-state index in [-0.39, 0.29) is 11.5 Å². The number of aryl methyl sites for hydroxylation is 1. The van der Waals surface area contributed by atoms with Gasteiger partial charge in [-0.25, -0.2) is 4.79 Å². The number of ether oxygens (including phenoxy) is 1. The number of nitrogens with zero attached hydrogens (tertiary/aromatic N) is 2. The maximum atomic E-state index is 12.4. The van der Waals surface area contributed by atoms with Gasteiger partial charge in [-0.05, 0) is 25.1 Å². The van der Waals surface area contributed by atoms with Crippen LogP contribution < -0.4 is 10.4 Å². The van der Waals surface area contributed by atoms with E-state index in [0.717, 1.165) is 11.1 Å². The summed E-state index contributed by atoms with van der Waals surface area (Å²) in [6.45, 7) is 3.28. The molecule has 0 spiro atoms. The first kappa shape index (κ1) is 16.7. The van der Waals surface area contributed by atoms with Gasteiger partial charge in [-0.2, -0.15) is 4.98 Å². The van der Waals surface area contributed by atoms with Crippen molar-refractivity contribution >= 4 is 16.9 Å². The number of carbonyl (C=O) groups excluding carboxylic acids is 1. The molecule has 7 heteroatoms. The summed E-state index contributed by atoms with van der Waals surface area (Å²) >= 11 is 0. The van der Waals surface area contributed by atoms with Gasteiger partial charge in [0.25, 0.3) is 5.89 Å². The molecule has 0 amide bonds. The standard InChI is InChI=1S/C20H14N2O5/c1-11-3-5-13(6-4-11)18-21-19(27-22-18)16-9-14-7-8-15(25-12(2)23)10-17(14)26-20(16)24/h3-10H,1-2H3. The first-order valence-electron chi connectivity index (χ1n) is 8.17. The molecule has 4 rings (SSSR count). The third-order valence-electron chi connectivity index (χ3n) is 3.94. The number of benzene rings is 2. The summed E-state index contributed by atoms with van der Waals surface area (Å²) in [4.78, 5) is 27.7. The van der Waals surface area contributed by atoms with Gasteiger partial charge in [-0.15, -0.1) is 0 Å². The second kappa shape index (κ2) is 6.53. The maximum absolute atomic E-state index is 12.4. The van der Waals surface area contributed by atoms with Gasteiger partial charge >= 0.3 is 11.6 Å². The summed E-state index contributed by atoms with van der Waals surface area (Å²) < 4.78 is 15.6. The average molecular weight is 362 g/mol. The quantitative estimate of drug-likeness (QED) is 0.311. The molecule has 0 aliphatic carbocycles. The highest BCUT2D eigenvalue weighted by Gasteiger charge is 2.16. The van der Waals surface area contributed by atoms with Crippen molar-refractivity contribution in [3.05, 3.63) is 64.5 Å². The van der Waals surface area contributed by atoms with Crippen molar-refractivity contribution in [2.45, 2.75) is 13.8 Å². The predicted molar refractivity (Wildman–Crippen MR) is 97.3 cm³/mol. The molecule has 2 aromatic carbocycles. The molecule has 2 aromatic heterocycles. The highest BCUT2D eigenvalue weighted by atomic mass is 16.5. The van der Waals surface area contributed by atoms with Crippen molar-refractivity contribution in [3.63, 3.8) is 0 Å². The second-order valence-corrected chi connectivity index (χ2v) is 6.03. The Bertz CT molecular complexity index is 1210. The van der Waals surface area contributed by atoms with Crippen molar-refractivity contribution in [1.82, 2.24) is 10.1 Å². The van der Waals surface area contributed by atoms with Gasteiger partial charge in [-0.1, -0.05) is 35.0 Å². The molecule has 0 bridgehead atoms. The fourth-order valence-electron chi connectivity index (χ4n) is 2.62. The molecule has 0 radical (unpaired) electrons. The largest absolute Gasteiger partial charge is 0.427 e. The Morgan fingerprint density at radius 2 is 1.85 bits per heavy atom. The van der Waals surface area contributed by atoms with E-state index in [2.05, 4.69) is 10.1 Å². The van der Waals surface area contributed by atoms with Gasteiger partial charge in [0.2, 0.25) is 5.82 Å². The van der Waals surface area contributed by atoms with E-state index < -0.39 is 11.6 Å². The van der Waals surface area contributed by atoms with Crippen LogP contribution in [0.5, 0.6) is 5.75 Å². The number of aromatic nitrogens is 2. The molecule has 0 unspecified atom stereocenters. The molecule has 0 N–H and O–H groups in total. The summed E-state index contributed by atoms with van der Waals surface area (Å²) in [6.07, 6.45) is 0. The first-order chi connectivity index (χ1) is 13.0. The van der Waals surface area contributed by atoms with Crippen LogP contribution in [0.2, 0.25) is 0 Å². The van der Waals surface area contributed by atoms with Crippen LogP contribution in [0, 0.1) is 6.92 Å². The Balaban J connectivity index is 1.73. The van der Waals surface area contributed by atoms with Crippen molar-refractivity contribution in [1.29, 1.82) is 0 Å². The molecule has 0 saturated carbocycles. The lowest BCUT2D eigenvalue weighted by molar-refractivity contribution is -0.131. The van der Waals surface area contributed by atoms with E-state index >= 15 is 0 Å². The Morgan fingerprint density at radius 1 is 1.07 bits per heavy atom. The van der Waals surface area contributed by atoms with Crippen LogP contribution >= 0.6 is 0 Å². The third-order valence-corrected chi connectivity index (χ3v) is 3.94. The maximum Gasteiger partial charge on any atom is 0.349 e. The van der Waals surface area contributed by atoms with E-state index in [4.69, 9.17) is 13.7 Å². The summed E-state index contributed by atoms with van der Waals surface area (Å²) in [7, 11) is 0. The van der Waals surface area contributed by atoms with Gasteiger partial charge in [0.05, 0.1) is 0 Å². The molecule has 0 atom stereocenters. The van der Waals surface area contributed by atoms with Crippen LogP contribution in [0.1, 0.15) is 12.5 Å². The van der Waals surface area contributed by atoms with Gasteiger partial charge in [0.15, 0.2) is 0 Å². The summed E-state index contributed by atoms with van der Waals surface area (Å²) in [6, 6.07) is 14.0. The summed E-state index contributed by atoms with van der Waals surface area (Å²) in [5, 5.41) is 4.57. The third kappa shape index (κ3) is 3.35. The van der Waals surface area contributed by atoms with Crippen LogP contribution in [0.15, 0.2) is 62.3 Å². The Hall–Kier alpha value is -3.74. The van der Waals surface area contributed by atoms with Crippen molar-refractivity contribution < 1.29 is 18.5 Å². The zero-order chi connectivity index (χ0) is 19.0. The van der Waals surface area contributed by atoms with E-state index in [1.807, 2.05) is 31.2 Å². The molecule has 0 saturated heterocycles. The number of esters is 1. The first-order valence-corrected chi connectivity index (χ1v) is 8.17. The molecule has 2 heterocycles. The summed E-state index contributed by atoms with van der Waals surface area (Å²) in [5.41, 5.74) is 1.73. The Morgan fingerprint density at radius 3 is 2.59 bits per heavy atom. The highest BCUT2D eigenvalue weighted by molar-refractivity contribution is 5.82. The molecule has 27 heavy (non-hydrogen) atoms. The van der Waals surface area contributed by atoms with Crippen LogP contribution in [0.3, 0.4) is 0 Å². The molecule has 0 fully saturated rings. The fourth-order valence-corrected chi connectivity index (χ4v) is 2.62. The molecule has 0 aliphatic heterocycles. The fraction of sp³-hybridized carbons (Fsp3) is 0.100. The summed E-state index contributed by atoms with van der Waals surface area (Å²) in [5.74, 6) is 0.299. The zero-order valence-electron chi connectivity index (χ0n) is 14.6. The van der Waals surface area contributed by atoms with Crippen molar-refractivity contribution in [3.8, 4) is 28.6 Å². The minimum absolute atomic E-state index is 0.0743. The van der Waals surface area contributed by atoms with Crippen molar-refractivity contribution in [2.24, 2.45) is 0 Å². The Kier molecular flexibility index (Phi) is 4.04. The van der Waals surface area contributed by atoms with E-state index in [1.165, 1.54) is 13.0 Å². The molecular weight excluding hydrogens is 348 g/mol. The number of hydrogen-bond donors (Lipinski definition) is 0. The van der Waals surface area contributed by atoms with Crippen LogP contribution in [-0.4, -0.2) is 16.1 Å². The van der Waals surface area contributed by atoms with E-state index in [0.29, 0.717) is 22.5 Å². The molecular formula is C20H14N2O5. The Labute approximate surface area is 153 Å². The number of hydrogen-bond acceptors (Lipinski definition) is 7. The van der Waals surface area contributed by atoms with Gasteiger partial charge < -0.3 is 13.7 Å². The topological polar surface area (TPSA) is 95.4 Å². The monoisotopic (exact) mass is 362 g/mol. The minimum atomic E-state index is -0.624. The van der Waals surface area contributed by atoms with Gasteiger partial charge in [0, 0.05) is 23.9 Å². The lowest BCUT2D eigenvalue weighted by Gasteiger charge is -2.03. The second-order valence-electron chi connectivity index (χ2n) is 6.03. The van der Waals surface area contributed by atoms with Crippen LogP contribution in [-0.2, 0) is 4.79 Å². The predicted octanol–water partition coefficient (Wildman–Crippen LogP) is 3.74. The van der Waals surface area contributed by atoms with E-state index in [1.54, 1.807) is 18.2 Å². The smallest absolute Gasteiger partial charge is 0.349 e. The zero-order valence-corrected chi connectivity index (χ0v) is 14.6. The number of fused-ring (bicyclic) bond motifs is 1. The molecule has 7 nitrogen and oxygen atoms in total. The highest BCUT2D eigenvalue weighted by Crippen LogP contribution is 2.25. The van der Waals surface area contributed by atoms with Gasteiger partial charge in [-0.3, -0.25) is 4.79 Å². The van der Waals surface area contributed by atoms with E-state index in [9.17, 15) is 9.59 Å². The molecule has 4 aromatic rings.